The summed E-state index contributed by atoms with van der Waals surface area (Å²) in [6.45, 7) is 0. The first-order valence-corrected chi connectivity index (χ1v) is 7.60. The zero-order valence-electron chi connectivity index (χ0n) is 10.4. The molecule has 0 aliphatic carbocycles. The molecule has 3 rings (SSSR count). The average Bonchev–Trinajstić information content (AvgIpc) is 2.46. The maximum atomic E-state index is 9.28. The van der Waals surface area contributed by atoms with E-state index in [1.165, 1.54) is 0 Å². The molecule has 0 saturated heterocycles. The van der Waals surface area contributed by atoms with Crippen molar-refractivity contribution >= 4 is 38.6 Å². The van der Waals surface area contributed by atoms with E-state index in [9.17, 15) is 5.26 Å². The molecule has 1 heterocycles. The predicted molar refractivity (Wildman–Crippen MR) is 84.7 cm³/mol. The fourth-order valence-corrected chi connectivity index (χ4v) is 3.39. The highest BCUT2D eigenvalue weighted by Crippen LogP contribution is 2.30. The monoisotopic (exact) mass is 340 g/mol. The smallest absolute Gasteiger partial charge is 0.103 e. The van der Waals surface area contributed by atoms with Crippen LogP contribution in [-0.2, 0) is 0 Å². The van der Waals surface area contributed by atoms with Gasteiger partial charge in [-0.2, -0.15) is 5.26 Å². The van der Waals surface area contributed by atoms with Gasteiger partial charge in [-0.3, -0.25) is 0 Å². The van der Waals surface area contributed by atoms with E-state index >= 15 is 0 Å². The molecule has 1 aromatic heterocycles. The highest BCUT2D eigenvalue weighted by Gasteiger charge is 2.06. The molecule has 0 spiro atoms. The summed E-state index contributed by atoms with van der Waals surface area (Å²) in [5.41, 5.74) is 1.51. The Morgan fingerprint density at radius 1 is 1.05 bits per heavy atom. The zero-order chi connectivity index (χ0) is 13.9. The van der Waals surface area contributed by atoms with E-state index in [0.29, 0.717) is 5.56 Å². The number of hydrogen-bond acceptors (Lipinski definition) is 3. The Labute approximate surface area is 129 Å². The summed E-state index contributed by atoms with van der Waals surface area (Å²) >= 11 is 5.01. The molecule has 0 bridgehead atoms. The number of benzene rings is 2. The van der Waals surface area contributed by atoms with Crippen LogP contribution in [0.1, 0.15) is 5.56 Å². The fourth-order valence-electron chi connectivity index (χ4n) is 1.95. The van der Waals surface area contributed by atoms with Gasteiger partial charge in [0.05, 0.1) is 17.1 Å². The van der Waals surface area contributed by atoms with Gasteiger partial charge < -0.3 is 0 Å². The molecular weight excluding hydrogens is 332 g/mol. The first-order valence-electron chi connectivity index (χ1n) is 5.99. The molecule has 0 unspecified atom stereocenters. The van der Waals surface area contributed by atoms with Crippen molar-refractivity contribution in [2.45, 2.75) is 9.92 Å². The van der Waals surface area contributed by atoms with Crippen LogP contribution in [0.25, 0.3) is 10.9 Å². The molecule has 0 atom stereocenters. The third-order valence-corrected chi connectivity index (χ3v) is 4.23. The van der Waals surface area contributed by atoms with E-state index in [1.54, 1.807) is 11.8 Å². The molecule has 2 aromatic carbocycles. The number of nitrogens with zero attached hydrogens (tertiary/aromatic N) is 2. The summed E-state index contributed by atoms with van der Waals surface area (Å²) in [6.07, 6.45) is 0. The standard InChI is InChI=1S/C16H9BrN2S/c17-12-4-3-5-13(9-12)20-16-8-11(10-18)14-6-1-2-7-15(14)19-16/h1-9H. The van der Waals surface area contributed by atoms with Gasteiger partial charge in [0.2, 0.25) is 0 Å². The van der Waals surface area contributed by atoms with E-state index < -0.39 is 0 Å². The van der Waals surface area contributed by atoms with Gasteiger partial charge in [-0.1, -0.05) is 52.0 Å². The van der Waals surface area contributed by atoms with Gasteiger partial charge >= 0.3 is 0 Å². The summed E-state index contributed by atoms with van der Waals surface area (Å²) < 4.78 is 1.03. The van der Waals surface area contributed by atoms with Crippen LogP contribution >= 0.6 is 27.7 Å². The lowest BCUT2D eigenvalue weighted by Gasteiger charge is -2.05. The highest BCUT2D eigenvalue weighted by molar-refractivity contribution is 9.10. The Morgan fingerprint density at radius 3 is 2.70 bits per heavy atom. The minimum absolute atomic E-state index is 0.660. The molecule has 20 heavy (non-hydrogen) atoms. The van der Waals surface area contributed by atoms with Gasteiger partial charge in [0.1, 0.15) is 5.03 Å². The average molecular weight is 341 g/mol. The lowest BCUT2D eigenvalue weighted by atomic mass is 10.1. The number of fused-ring (bicyclic) bond motifs is 1. The number of halogens is 1. The van der Waals surface area contributed by atoms with E-state index in [-0.39, 0.29) is 0 Å². The Bertz CT molecular complexity index is 824. The summed E-state index contributed by atoms with van der Waals surface area (Å²) in [7, 11) is 0. The van der Waals surface area contributed by atoms with Crippen molar-refractivity contribution in [1.29, 1.82) is 5.26 Å². The number of aromatic nitrogens is 1. The van der Waals surface area contributed by atoms with Crippen molar-refractivity contribution in [3.8, 4) is 6.07 Å². The predicted octanol–water partition coefficient (Wildman–Crippen LogP) is 5.02. The largest absolute Gasteiger partial charge is 0.241 e. The third-order valence-electron chi connectivity index (χ3n) is 2.83. The molecule has 0 saturated carbocycles. The van der Waals surface area contributed by atoms with Gasteiger partial charge in [-0.05, 0) is 30.3 Å². The van der Waals surface area contributed by atoms with Crippen molar-refractivity contribution < 1.29 is 0 Å². The maximum Gasteiger partial charge on any atom is 0.103 e. The van der Waals surface area contributed by atoms with Crippen LogP contribution in [0.15, 0.2) is 69.0 Å². The molecule has 2 nitrogen and oxygen atoms in total. The number of nitriles is 1. The van der Waals surface area contributed by atoms with Gasteiger partial charge in [0.15, 0.2) is 0 Å². The molecule has 4 heteroatoms. The van der Waals surface area contributed by atoms with Gasteiger partial charge in [0.25, 0.3) is 0 Å². The summed E-state index contributed by atoms with van der Waals surface area (Å²) in [4.78, 5) is 5.69. The summed E-state index contributed by atoms with van der Waals surface area (Å²) in [5, 5.41) is 11.0. The first kappa shape index (κ1) is 13.2. The van der Waals surface area contributed by atoms with Gasteiger partial charge in [-0.15, -0.1) is 0 Å². The van der Waals surface area contributed by atoms with E-state index in [4.69, 9.17) is 0 Å². The zero-order valence-corrected chi connectivity index (χ0v) is 12.8. The van der Waals surface area contributed by atoms with Crippen molar-refractivity contribution in [3.05, 3.63) is 64.6 Å². The topological polar surface area (TPSA) is 36.7 Å². The van der Waals surface area contributed by atoms with E-state index in [1.807, 2.05) is 54.6 Å². The quantitative estimate of drug-likeness (QED) is 0.657. The van der Waals surface area contributed by atoms with Crippen LogP contribution in [0.3, 0.4) is 0 Å². The van der Waals surface area contributed by atoms with Crippen LogP contribution < -0.4 is 0 Å². The molecule has 0 radical (unpaired) electrons. The molecule has 0 fully saturated rings. The summed E-state index contributed by atoms with van der Waals surface area (Å²) in [5.74, 6) is 0. The second-order valence-corrected chi connectivity index (χ2v) is 6.21. The number of rotatable bonds is 2. The first-order chi connectivity index (χ1) is 9.76. The maximum absolute atomic E-state index is 9.28. The van der Waals surface area contributed by atoms with Crippen LogP contribution in [0.5, 0.6) is 0 Å². The SMILES string of the molecule is N#Cc1cc(Sc2cccc(Br)c2)nc2ccccc12. The molecular formula is C16H9BrN2S. The van der Waals surface area contributed by atoms with Gasteiger partial charge in [0, 0.05) is 14.8 Å². The Hall–Kier alpha value is -1.83. The Balaban J connectivity index is 2.06. The number of para-hydroxylation sites is 1. The Morgan fingerprint density at radius 2 is 1.90 bits per heavy atom. The van der Waals surface area contributed by atoms with Crippen LogP contribution in [-0.4, -0.2) is 4.98 Å². The number of pyridine rings is 1. The van der Waals surface area contributed by atoms with Gasteiger partial charge in [-0.25, -0.2) is 4.98 Å². The minimum atomic E-state index is 0.660. The van der Waals surface area contributed by atoms with Crippen LogP contribution in [0.4, 0.5) is 0 Å². The third kappa shape index (κ3) is 2.69. The lowest BCUT2D eigenvalue weighted by molar-refractivity contribution is 1.18. The molecule has 96 valence electrons. The molecule has 0 aliphatic heterocycles. The molecule has 0 amide bonds. The minimum Gasteiger partial charge on any atom is -0.241 e. The van der Waals surface area contributed by atoms with Crippen LogP contribution in [0, 0.1) is 11.3 Å². The Kier molecular flexibility index (Phi) is 3.72. The highest BCUT2D eigenvalue weighted by atomic mass is 79.9. The normalized spacial score (nSPS) is 10.4. The molecule has 0 N–H and O–H groups in total. The number of hydrogen-bond donors (Lipinski definition) is 0. The van der Waals surface area contributed by atoms with Crippen molar-refractivity contribution in [2.24, 2.45) is 0 Å². The summed E-state index contributed by atoms with van der Waals surface area (Å²) in [6, 6.07) is 19.8. The molecule has 0 aliphatic rings. The van der Waals surface area contributed by atoms with E-state index in [2.05, 4.69) is 27.0 Å². The van der Waals surface area contributed by atoms with E-state index in [0.717, 1.165) is 25.3 Å². The second-order valence-electron chi connectivity index (χ2n) is 4.20. The second kappa shape index (κ2) is 5.66. The van der Waals surface area contributed by atoms with Crippen molar-refractivity contribution in [2.75, 3.05) is 0 Å². The fraction of sp³-hybridized carbons (Fsp3) is 0. The molecule has 3 aromatic rings. The lowest BCUT2D eigenvalue weighted by Crippen LogP contribution is -1.87. The van der Waals surface area contributed by atoms with Crippen molar-refractivity contribution in [3.63, 3.8) is 0 Å². The van der Waals surface area contributed by atoms with Crippen LogP contribution in [0.2, 0.25) is 0 Å². The van der Waals surface area contributed by atoms with Crippen molar-refractivity contribution in [1.82, 2.24) is 4.98 Å².